The van der Waals surface area contributed by atoms with Crippen LogP contribution in [0.2, 0.25) is 0 Å². The molecule has 170 valence electrons. The second kappa shape index (κ2) is 9.02. The number of benzene rings is 2. The molecule has 1 atom stereocenters. The lowest BCUT2D eigenvalue weighted by molar-refractivity contribution is 0.0676. The van der Waals surface area contributed by atoms with E-state index < -0.39 is 11.2 Å². The van der Waals surface area contributed by atoms with E-state index in [1.165, 1.54) is 6.07 Å². The predicted octanol–water partition coefficient (Wildman–Crippen LogP) is 3.65. The second-order valence-corrected chi connectivity index (χ2v) is 8.48. The zero-order chi connectivity index (χ0) is 22.8. The largest absolute Gasteiger partial charge is 0.502 e. The number of fused-ring (bicyclic) bond motifs is 5. The highest BCUT2D eigenvalue weighted by atomic mass is 16.5. The van der Waals surface area contributed by atoms with Crippen LogP contribution in [0.1, 0.15) is 53.3 Å². The number of amides is 1. The van der Waals surface area contributed by atoms with Gasteiger partial charge in [0.2, 0.25) is 5.43 Å². The van der Waals surface area contributed by atoms with Gasteiger partial charge in [-0.2, -0.15) is 0 Å². The molecule has 1 aromatic heterocycles. The fourth-order valence-electron chi connectivity index (χ4n) is 4.69. The SMILES string of the molecule is O=C1c2c(O)c(=O)ccn2N2CN1CCCCCCOc1ccccc1C2c1ccccc1. The molecule has 5 rings (SSSR count). The molecule has 0 saturated carbocycles. The molecule has 1 amide bonds. The summed E-state index contributed by atoms with van der Waals surface area (Å²) in [6.07, 6.45) is 5.35. The zero-order valence-electron chi connectivity index (χ0n) is 18.4. The number of hydrogen-bond acceptors (Lipinski definition) is 5. The van der Waals surface area contributed by atoms with Crippen LogP contribution in [-0.2, 0) is 0 Å². The Morgan fingerprint density at radius 2 is 1.64 bits per heavy atom. The quantitative estimate of drug-likeness (QED) is 0.619. The Bertz CT molecular complexity index is 1210. The summed E-state index contributed by atoms with van der Waals surface area (Å²) >= 11 is 0. The molecule has 7 heteroatoms. The van der Waals surface area contributed by atoms with Crippen molar-refractivity contribution in [2.24, 2.45) is 0 Å². The van der Waals surface area contributed by atoms with Gasteiger partial charge in [0.15, 0.2) is 11.4 Å². The predicted molar refractivity (Wildman–Crippen MR) is 125 cm³/mol. The molecule has 0 saturated heterocycles. The molecule has 33 heavy (non-hydrogen) atoms. The Morgan fingerprint density at radius 3 is 2.48 bits per heavy atom. The maximum Gasteiger partial charge on any atom is 0.277 e. The molecule has 1 unspecified atom stereocenters. The Balaban J connectivity index is 1.75. The van der Waals surface area contributed by atoms with Crippen molar-refractivity contribution in [3.63, 3.8) is 0 Å². The maximum absolute atomic E-state index is 13.3. The number of aromatic nitrogens is 1. The molecular weight excluding hydrogens is 418 g/mol. The van der Waals surface area contributed by atoms with Crippen molar-refractivity contribution in [3.05, 3.63) is 93.9 Å². The molecule has 2 aromatic carbocycles. The molecule has 7 nitrogen and oxygen atoms in total. The van der Waals surface area contributed by atoms with Gasteiger partial charge in [0, 0.05) is 24.4 Å². The van der Waals surface area contributed by atoms with Crippen molar-refractivity contribution in [1.29, 1.82) is 0 Å². The molecule has 3 heterocycles. The van der Waals surface area contributed by atoms with Gasteiger partial charge in [0.25, 0.3) is 5.91 Å². The number of para-hydroxylation sites is 1. The topological polar surface area (TPSA) is 75.0 Å². The summed E-state index contributed by atoms with van der Waals surface area (Å²) in [4.78, 5) is 27.3. The van der Waals surface area contributed by atoms with Crippen LogP contribution in [0.25, 0.3) is 0 Å². The van der Waals surface area contributed by atoms with Gasteiger partial charge >= 0.3 is 0 Å². The summed E-state index contributed by atoms with van der Waals surface area (Å²) in [5, 5.41) is 12.6. The minimum atomic E-state index is -0.561. The zero-order valence-corrected chi connectivity index (χ0v) is 18.4. The molecule has 0 aliphatic carbocycles. The molecule has 3 aromatic rings. The summed E-state index contributed by atoms with van der Waals surface area (Å²) in [5.41, 5.74) is 1.42. The summed E-state index contributed by atoms with van der Waals surface area (Å²) in [6, 6.07) is 19.0. The van der Waals surface area contributed by atoms with Crippen LogP contribution in [0.3, 0.4) is 0 Å². The monoisotopic (exact) mass is 445 g/mol. The van der Waals surface area contributed by atoms with Crippen LogP contribution in [0.15, 0.2) is 71.7 Å². The van der Waals surface area contributed by atoms with E-state index in [4.69, 9.17) is 4.74 Å². The van der Waals surface area contributed by atoms with E-state index in [1.54, 1.807) is 15.8 Å². The van der Waals surface area contributed by atoms with Gasteiger partial charge in [-0.05, 0) is 24.5 Å². The first-order chi connectivity index (χ1) is 16.1. The average molecular weight is 446 g/mol. The number of carbonyl (C=O) groups excluding carboxylic acids is 1. The standard InChI is InChI=1S/C26H27N3O4/c30-21-14-16-28-24(25(21)31)26(32)27-15-8-1-2-9-17-33-22-13-7-6-12-20(22)23(29(28)18-27)19-10-4-3-5-11-19/h3-7,10-14,16,23,31H,1-2,8-9,15,17-18H2. The van der Waals surface area contributed by atoms with Gasteiger partial charge in [-0.15, -0.1) is 0 Å². The number of hydrogen-bond donors (Lipinski definition) is 1. The van der Waals surface area contributed by atoms with E-state index in [2.05, 4.69) is 0 Å². The summed E-state index contributed by atoms with van der Waals surface area (Å²) in [5.74, 6) is -0.0496. The molecule has 2 bridgehead atoms. The van der Waals surface area contributed by atoms with Crippen molar-refractivity contribution >= 4 is 5.91 Å². The fourth-order valence-corrected chi connectivity index (χ4v) is 4.69. The van der Waals surface area contributed by atoms with Gasteiger partial charge in [-0.3, -0.25) is 19.3 Å². The van der Waals surface area contributed by atoms with E-state index >= 15 is 0 Å². The molecule has 0 spiro atoms. The van der Waals surface area contributed by atoms with E-state index in [-0.39, 0.29) is 17.6 Å². The third-order valence-electron chi connectivity index (χ3n) is 6.34. The molecule has 0 fully saturated rings. The van der Waals surface area contributed by atoms with Gasteiger partial charge in [-0.1, -0.05) is 61.4 Å². The lowest BCUT2D eigenvalue weighted by Gasteiger charge is -2.44. The highest BCUT2D eigenvalue weighted by molar-refractivity contribution is 5.96. The van der Waals surface area contributed by atoms with Crippen LogP contribution in [0.5, 0.6) is 11.5 Å². The number of carbonyl (C=O) groups is 1. The third kappa shape index (κ3) is 3.95. The summed E-state index contributed by atoms with van der Waals surface area (Å²) < 4.78 is 7.86. The van der Waals surface area contributed by atoms with E-state index in [9.17, 15) is 14.7 Å². The Morgan fingerprint density at radius 1 is 0.879 bits per heavy atom. The average Bonchev–Trinajstić information content (AvgIpc) is 2.85. The fraction of sp³-hybridized carbons (Fsp3) is 0.308. The van der Waals surface area contributed by atoms with Crippen LogP contribution in [0, 0.1) is 0 Å². The van der Waals surface area contributed by atoms with Crippen molar-refractivity contribution in [3.8, 4) is 11.5 Å². The number of pyridine rings is 1. The number of ether oxygens (including phenoxy) is 1. The number of aromatic hydroxyl groups is 1. The molecule has 2 aliphatic rings. The smallest absolute Gasteiger partial charge is 0.277 e. The highest BCUT2D eigenvalue weighted by Crippen LogP contribution is 2.36. The van der Waals surface area contributed by atoms with Gasteiger partial charge < -0.3 is 14.7 Å². The van der Waals surface area contributed by atoms with Crippen LogP contribution < -0.4 is 15.2 Å². The Labute approximate surface area is 192 Å². The number of rotatable bonds is 1. The summed E-state index contributed by atoms with van der Waals surface area (Å²) in [7, 11) is 0. The van der Waals surface area contributed by atoms with Gasteiger partial charge in [-0.25, -0.2) is 0 Å². The first-order valence-electron chi connectivity index (χ1n) is 11.4. The minimum absolute atomic E-state index is 0.00273. The van der Waals surface area contributed by atoms with Crippen LogP contribution in [0.4, 0.5) is 0 Å². The van der Waals surface area contributed by atoms with E-state index in [1.807, 2.05) is 59.6 Å². The number of nitrogens with zero attached hydrogens (tertiary/aromatic N) is 3. The van der Waals surface area contributed by atoms with Crippen molar-refractivity contribution < 1.29 is 14.6 Å². The summed E-state index contributed by atoms with van der Waals surface area (Å²) in [6.45, 7) is 1.51. The molecule has 1 N–H and O–H groups in total. The van der Waals surface area contributed by atoms with Gasteiger partial charge in [0.1, 0.15) is 18.5 Å². The minimum Gasteiger partial charge on any atom is -0.502 e. The van der Waals surface area contributed by atoms with E-state index in [0.717, 1.165) is 42.6 Å². The van der Waals surface area contributed by atoms with Crippen molar-refractivity contribution in [1.82, 2.24) is 9.58 Å². The third-order valence-corrected chi connectivity index (χ3v) is 6.34. The molecular formula is C26H27N3O4. The first-order valence-corrected chi connectivity index (χ1v) is 11.4. The van der Waals surface area contributed by atoms with Crippen molar-refractivity contribution in [2.75, 3.05) is 24.8 Å². The van der Waals surface area contributed by atoms with Gasteiger partial charge in [0.05, 0.1) is 6.61 Å². The molecule has 2 aliphatic heterocycles. The highest BCUT2D eigenvalue weighted by Gasteiger charge is 2.37. The van der Waals surface area contributed by atoms with Crippen LogP contribution in [-0.4, -0.2) is 40.4 Å². The van der Waals surface area contributed by atoms with Crippen LogP contribution >= 0.6 is 0 Å². The van der Waals surface area contributed by atoms with Crippen molar-refractivity contribution in [2.45, 2.75) is 31.7 Å². The lowest BCUT2D eigenvalue weighted by atomic mass is 9.97. The Kier molecular flexibility index (Phi) is 5.77. The first kappa shape index (κ1) is 21.1. The second-order valence-electron chi connectivity index (χ2n) is 8.48. The normalized spacial score (nSPS) is 18.8. The lowest BCUT2D eigenvalue weighted by Crippen LogP contribution is -2.55. The maximum atomic E-state index is 13.3. The molecule has 0 radical (unpaired) electrons. The Hall–Kier alpha value is -3.74. The van der Waals surface area contributed by atoms with E-state index in [0.29, 0.717) is 19.8 Å².